The van der Waals surface area contributed by atoms with Gasteiger partial charge in [-0.15, -0.1) is 0 Å². The second kappa shape index (κ2) is 6.02. The van der Waals surface area contributed by atoms with Crippen LogP contribution in [-0.4, -0.2) is 29.0 Å². The first-order valence-electron chi connectivity index (χ1n) is 7.02. The van der Waals surface area contributed by atoms with E-state index in [2.05, 4.69) is 61.3 Å². The van der Waals surface area contributed by atoms with Crippen LogP contribution in [0.15, 0.2) is 30.3 Å². The third kappa shape index (κ3) is 3.54. The molecule has 0 spiro atoms. The van der Waals surface area contributed by atoms with Crippen molar-refractivity contribution in [3.8, 4) is 0 Å². The largest absolute Gasteiger partial charge is 0.358 e. The van der Waals surface area contributed by atoms with Gasteiger partial charge in [0.1, 0.15) is 0 Å². The molecule has 1 unspecified atom stereocenters. The summed E-state index contributed by atoms with van der Waals surface area (Å²) in [6.07, 6.45) is 1.16. The Kier molecular flexibility index (Phi) is 4.58. The van der Waals surface area contributed by atoms with Crippen molar-refractivity contribution in [1.29, 1.82) is 0 Å². The maximum absolute atomic E-state index is 5.51. The molecule has 0 aliphatic carbocycles. The minimum absolute atomic E-state index is 0.257. The van der Waals surface area contributed by atoms with Crippen LogP contribution in [-0.2, 0) is 6.54 Å². The number of nitrogens with one attached hydrogen (secondary N) is 1. The summed E-state index contributed by atoms with van der Waals surface area (Å²) in [5.41, 5.74) is 1.59. The Morgan fingerprint density at radius 2 is 2.05 bits per heavy atom. The average molecular weight is 276 g/mol. The molecule has 0 radical (unpaired) electrons. The minimum Gasteiger partial charge on any atom is -0.358 e. The van der Waals surface area contributed by atoms with Gasteiger partial charge in [0.15, 0.2) is 0 Å². The molecule has 19 heavy (non-hydrogen) atoms. The second-order valence-electron chi connectivity index (χ2n) is 6.10. The molecule has 0 amide bonds. The van der Waals surface area contributed by atoms with Crippen molar-refractivity contribution in [3.05, 3.63) is 35.9 Å². The maximum atomic E-state index is 5.51. The van der Waals surface area contributed by atoms with E-state index in [-0.39, 0.29) is 5.41 Å². The number of hydrogen-bond acceptors (Lipinski definition) is 2. The summed E-state index contributed by atoms with van der Waals surface area (Å²) < 4.78 is 0. The summed E-state index contributed by atoms with van der Waals surface area (Å²) in [5.74, 6) is 0. The lowest BCUT2D eigenvalue weighted by atomic mass is 9.79. The highest BCUT2D eigenvalue weighted by Gasteiger charge is 2.36. The van der Waals surface area contributed by atoms with E-state index < -0.39 is 0 Å². The lowest BCUT2D eigenvalue weighted by molar-refractivity contribution is 0.108. The molecule has 1 saturated heterocycles. The van der Waals surface area contributed by atoms with Crippen molar-refractivity contribution in [3.63, 3.8) is 0 Å². The van der Waals surface area contributed by atoms with Gasteiger partial charge in [0.25, 0.3) is 0 Å². The van der Waals surface area contributed by atoms with Crippen LogP contribution in [0, 0.1) is 5.41 Å². The van der Waals surface area contributed by atoms with Crippen LogP contribution < -0.4 is 5.32 Å². The van der Waals surface area contributed by atoms with Gasteiger partial charge in [0.05, 0.1) is 4.99 Å². The molecule has 0 aromatic heterocycles. The molecule has 1 fully saturated rings. The van der Waals surface area contributed by atoms with Crippen LogP contribution in [0.3, 0.4) is 0 Å². The first kappa shape index (κ1) is 14.5. The lowest BCUT2D eigenvalue weighted by Crippen LogP contribution is -2.55. The summed E-state index contributed by atoms with van der Waals surface area (Å²) >= 11 is 5.51. The van der Waals surface area contributed by atoms with Gasteiger partial charge in [-0.1, -0.05) is 56.4 Å². The summed E-state index contributed by atoms with van der Waals surface area (Å²) in [6.45, 7) is 9.79. The third-order valence-electron chi connectivity index (χ3n) is 4.05. The summed E-state index contributed by atoms with van der Waals surface area (Å²) in [7, 11) is 0. The monoisotopic (exact) mass is 276 g/mol. The van der Waals surface area contributed by atoms with Gasteiger partial charge in [0.2, 0.25) is 0 Å². The van der Waals surface area contributed by atoms with Gasteiger partial charge < -0.3 is 10.2 Å². The van der Waals surface area contributed by atoms with Gasteiger partial charge in [-0.3, -0.25) is 0 Å². The van der Waals surface area contributed by atoms with Crippen molar-refractivity contribution in [2.24, 2.45) is 5.41 Å². The van der Waals surface area contributed by atoms with Gasteiger partial charge in [-0.25, -0.2) is 0 Å². The molecule has 1 aliphatic heterocycles. The molecular weight excluding hydrogens is 252 g/mol. The van der Waals surface area contributed by atoms with Crippen LogP contribution in [0.25, 0.3) is 0 Å². The fourth-order valence-electron chi connectivity index (χ4n) is 2.96. The number of hydrogen-bond donors (Lipinski definition) is 1. The minimum atomic E-state index is 0.257. The lowest BCUT2D eigenvalue weighted by Gasteiger charge is -2.46. The van der Waals surface area contributed by atoms with E-state index in [1.165, 1.54) is 5.56 Å². The van der Waals surface area contributed by atoms with Gasteiger partial charge >= 0.3 is 0 Å². The van der Waals surface area contributed by atoms with E-state index in [0.717, 1.165) is 31.0 Å². The first-order chi connectivity index (χ1) is 9.00. The van der Waals surface area contributed by atoms with Crippen LogP contribution in [0.1, 0.15) is 32.8 Å². The van der Waals surface area contributed by atoms with Crippen molar-refractivity contribution < 1.29 is 0 Å². The van der Waals surface area contributed by atoms with E-state index in [1.54, 1.807) is 0 Å². The van der Waals surface area contributed by atoms with Crippen molar-refractivity contribution >= 4 is 17.2 Å². The van der Waals surface area contributed by atoms with Crippen molar-refractivity contribution in [1.82, 2.24) is 10.2 Å². The normalized spacial score (nSPS) is 21.9. The van der Waals surface area contributed by atoms with Crippen LogP contribution in [0.4, 0.5) is 0 Å². The Balaban J connectivity index is 2.18. The molecule has 0 bridgehead atoms. The molecule has 1 aromatic carbocycles. The number of benzene rings is 1. The van der Waals surface area contributed by atoms with Crippen molar-refractivity contribution in [2.45, 2.75) is 39.8 Å². The number of rotatable bonds is 3. The summed E-state index contributed by atoms with van der Waals surface area (Å²) in [6, 6.07) is 11.1. The predicted molar refractivity (Wildman–Crippen MR) is 85.3 cm³/mol. The molecule has 0 saturated carbocycles. The first-order valence-corrected chi connectivity index (χ1v) is 7.43. The topological polar surface area (TPSA) is 15.3 Å². The van der Waals surface area contributed by atoms with E-state index in [9.17, 15) is 0 Å². The fraction of sp³-hybridized carbons (Fsp3) is 0.562. The molecule has 1 heterocycles. The number of thiocarbonyl (C=S) groups is 1. The molecule has 2 nitrogen and oxygen atoms in total. The molecule has 1 aromatic rings. The number of piperidine rings is 1. The Labute approximate surface area is 122 Å². The van der Waals surface area contributed by atoms with E-state index in [4.69, 9.17) is 12.2 Å². The van der Waals surface area contributed by atoms with Crippen molar-refractivity contribution in [2.75, 3.05) is 13.1 Å². The zero-order chi connectivity index (χ0) is 13.9. The molecular formula is C16H24N2S. The smallest absolute Gasteiger partial charge is 0.0753 e. The molecule has 1 N–H and O–H groups in total. The van der Waals surface area contributed by atoms with Gasteiger partial charge in [-0.05, 0) is 30.9 Å². The second-order valence-corrected chi connectivity index (χ2v) is 6.69. The maximum Gasteiger partial charge on any atom is 0.0753 e. The highest BCUT2D eigenvalue weighted by Crippen LogP contribution is 2.31. The van der Waals surface area contributed by atoms with Crippen LogP contribution in [0.2, 0.25) is 0 Å². The molecule has 3 heteroatoms. The molecule has 1 atom stereocenters. The Hall–Kier alpha value is -0.930. The SMILES string of the molecule is CC(=S)N(Cc1ccccc1)C1CCNCC1(C)C. The highest BCUT2D eigenvalue weighted by atomic mass is 32.1. The third-order valence-corrected chi connectivity index (χ3v) is 4.29. The summed E-state index contributed by atoms with van der Waals surface area (Å²) in [5, 5.41) is 3.49. The van der Waals surface area contributed by atoms with E-state index in [0.29, 0.717) is 6.04 Å². The van der Waals surface area contributed by atoms with Gasteiger partial charge in [0, 0.05) is 19.1 Å². The Morgan fingerprint density at radius 1 is 1.37 bits per heavy atom. The highest BCUT2D eigenvalue weighted by molar-refractivity contribution is 7.80. The van der Waals surface area contributed by atoms with E-state index in [1.807, 2.05) is 0 Å². The molecule has 2 rings (SSSR count). The molecule has 1 aliphatic rings. The predicted octanol–water partition coefficient (Wildman–Crippen LogP) is 3.22. The van der Waals surface area contributed by atoms with Crippen LogP contribution in [0.5, 0.6) is 0 Å². The fourth-order valence-corrected chi connectivity index (χ4v) is 3.15. The summed E-state index contributed by atoms with van der Waals surface area (Å²) in [4.78, 5) is 3.41. The van der Waals surface area contributed by atoms with Gasteiger partial charge in [-0.2, -0.15) is 0 Å². The quantitative estimate of drug-likeness (QED) is 0.853. The number of nitrogens with zero attached hydrogens (tertiary/aromatic N) is 1. The average Bonchev–Trinajstić information content (AvgIpc) is 2.37. The Bertz CT molecular complexity index is 428. The zero-order valence-electron chi connectivity index (χ0n) is 12.1. The Morgan fingerprint density at radius 3 is 2.63 bits per heavy atom. The molecule has 104 valence electrons. The zero-order valence-corrected chi connectivity index (χ0v) is 13.0. The van der Waals surface area contributed by atoms with Crippen LogP contribution >= 0.6 is 12.2 Å². The van der Waals surface area contributed by atoms with E-state index >= 15 is 0 Å². The standard InChI is InChI=1S/C16H24N2S/c1-13(19)18(11-14-7-5-4-6-8-14)15-9-10-17-12-16(15,2)3/h4-8,15,17H,9-12H2,1-3H3.